The number of para-hydroxylation sites is 1. The summed E-state index contributed by atoms with van der Waals surface area (Å²) in [6.45, 7) is 0.349. The maximum Gasteiger partial charge on any atom is 0.134 e. The predicted octanol–water partition coefficient (Wildman–Crippen LogP) is 2.05. The summed E-state index contributed by atoms with van der Waals surface area (Å²) in [6.07, 6.45) is 0. The van der Waals surface area contributed by atoms with Crippen molar-refractivity contribution in [1.29, 1.82) is 0 Å². The van der Waals surface area contributed by atoms with Crippen molar-refractivity contribution in [3.8, 4) is 5.75 Å². The van der Waals surface area contributed by atoms with Gasteiger partial charge in [-0.1, -0.05) is 12.1 Å². The minimum absolute atomic E-state index is 0.320. The molecular weight excluding hydrogens is 250 g/mol. The Labute approximate surface area is 108 Å². The van der Waals surface area contributed by atoms with Crippen LogP contribution in [0.4, 0.5) is 0 Å². The first kappa shape index (κ1) is 12.9. The van der Waals surface area contributed by atoms with Crippen molar-refractivity contribution in [1.82, 2.24) is 0 Å². The maximum atomic E-state index is 12.2. The van der Waals surface area contributed by atoms with Crippen LogP contribution in [0.1, 0.15) is 11.5 Å². The van der Waals surface area contributed by atoms with Crippen LogP contribution in [0.3, 0.4) is 0 Å². The van der Waals surface area contributed by atoms with Gasteiger partial charge in [-0.2, -0.15) is 0 Å². The summed E-state index contributed by atoms with van der Waals surface area (Å²) in [5.41, 5.74) is 5.46. The molecule has 5 heteroatoms. The van der Waals surface area contributed by atoms with Crippen molar-refractivity contribution in [3.63, 3.8) is 0 Å². The van der Waals surface area contributed by atoms with E-state index in [1.165, 1.54) is 0 Å². The highest BCUT2D eigenvalue weighted by Gasteiger charge is 2.12. The maximum absolute atomic E-state index is 12.2. The van der Waals surface area contributed by atoms with Gasteiger partial charge in [0.05, 0.1) is 35.1 Å². The van der Waals surface area contributed by atoms with E-state index in [1.54, 1.807) is 31.4 Å². The smallest absolute Gasteiger partial charge is 0.134 e. The minimum Gasteiger partial charge on any atom is -0.495 e. The molecule has 0 saturated carbocycles. The highest BCUT2D eigenvalue weighted by atomic mass is 32.2. The van der Waals surface area contributed by atoms with Crippen LogP contribution in [0.2, 0.25) is 0 Å². The topological polar surface area (TPSA) is 65.5 Å². The lowest BCUT2D eigenvalue weighted by atomic mass is 10.3. The SMILES string of the molecule is COc1ccccc1S(=O)Cc1ccc(CN)o1. The lowest BCUT2D eigenvalue weighted by molar-refractivity contribution is 0.404. The summed E-state index contributed by atoms with van der Waals surface area (Å²) < 4.78 is 22.9. The van der Waals surface area contributed by atoms with E-state index in [0.717, 1.165) is 0 Å². The average Bonchev–Trinajstić information content (AvgIpc) is 2.86. The van der Waals surface area contributed by atoms with E-state index in [0.29, 0.717) is 34.5 Å². The highest BCUT2D eigenvalue weighted by molar-refractivity contribution is 7.84. The van der Waals surface area contributed by atoms with Gasteiger partial charge in [0, 0.05) is 0 Å². The van der Waals surface area contributed by atoms with Gasteiger partial charge in [-0.15, -0.1) is 0 Å². The lowest BCUT2D eigenvalue weighted by Crippen LogP contribution is -1.98. The standard InChI is InChI=1S/C13H15NO3S/c1-16-12-4-2-3-5-13(12)18(15)9-11-7-6-10(8-14)17-11/h2-7H,8-9,14H2,1H3. The van der Waals surface area contributed by atoms with Gasteiger partial charge >= 0.3 is 0 Å². The van der Waals surface area contributed by atoms with E-state index in [2.05, 4.69) is 0 Å². The van der Waals surface area contributed by atoms with Crippen LogP contribution in [0.15, 0.2) is 45.7 Å². The molecule has 4 nitrogen and oxygen atoms in total. The van der Waals surface area contributed by atoms with E-state index in [-0.39, 0.29) is 0 Å². The van der Waals surface area contributed by atoms with E-state index in [9.17, 15) is 4.21 Å². The summed E-state index contributed by atoms with van der Waals surface area (Å²) in [6, 6.07) is 10.9. The first-order chi connectivity index (χ1) is 8.74. The zero-order valence-corrected chi connectivity index (χ0v) is 10.9. The van der Waals surface area contributed by atoms with Crippen LogP contribution in [0.5, 0.6) is 5.75 Å². The van der Waals surface area contributed by atoms with Gasteiger partial charge in [-0.3, -0.25) is 4.21 Å². The largest absolute Gasteiger partial charge is 0.495 e. The van der Waals surface area contributed by atoms with Gasteiger partial charge in [0.2, 0.25) is 0 Å². The Hall–Kier alpha value is -1.59. The van der Waals surface area contributed by atoms with Gasteiger partial charge in [0.1, 0.15) is 17.3 Å². The molecule has 0 bridgehead atoms. The zero-order chi connectivity index (χ0) is 13.0. The van der Waals surface area contributed by atoms with Crippen LogP contribution in [0.25, 0.3) is 0 Å². The molecule has 1 unspecified atom stereocenters. The Kier molecular flexibility index (Phi) is 4.17. The van der Waals surface area contributed by atoms with Crippen LogP contribution in [-0.4, -0.2) is 11.3 Å². The molecule has 1 heterocycles. The lowest BCUT2D eigenvalue weighted by Gasteiger charge is -2.06. The first-order valence-corrected chi connectivity index (χ1v) is 6.85. The van der Waals surface area contributed by atoms with Crippen LogP contribution in [0, 0.1) is 0 Å². The Morgan fingerprint density at radius 2 is 1.94 bits per heavy atom. The normalized spacial score (nSPS) is 12.3. The average molecular weight is 265 g/mol. The summed E-state index contributed by atoms with van der Waals surface area (Å²) in [4.78, 5) is 0.672. The number of furan rings is 1. The second-order valence-electron chi connectivity index (χ2n) is 3.71. The molecule has 0 fully saturated rings. The van der Waals surface area contributed by atoms with E-state index in [4.69, 9.17) is 14.9 Å². The summed E-state index contributed by atoms with van der Waals surface area (Å²) in [5, 5.41) is 0. The monoisotopic (exact) mass is 265 g/mol. The molecule has 18 heavy (non-hydrogen) atoms. The fraction of sp³-hybridized carbons (Fsp3) is 0.231. The molecule has 2 N–H and O–H groups in total. The highest BCUT2D eigenvalue weighted by Crippen LogP contribution is 2.23. The van der Waals surface area contributed by atoms with Gasteiger partial charge < -0.3 is 14.9 Å². The van der Waals surface area contributed by atoms with Crippen molar-refractivity contribution in [3.05, 3.63) is 47.9 Å². The number of hydrogen-bond donors (Lipinski definition) is 1. The summed E-state index contributed by atoms with van der Waals surface area (Å²) in [7, 11) is 0.371. The molecule has 0 aliphatic rings. The molecule has 1 aromatic carbocycles. The molecule has 1 aromatic heterocycles. The molecule has 2 aromatic rings. The number of nitrogens with two attached hydrogens (primary N) is 1. The second kappa shape index (κ2) is 5.84. The molecule has 0 amide bonds. The second-order valence-corrected chi connectivity index (χ2v) is 5.13. The van der Waals surface area contributed by atoms with Gasteiger partial charge in [-0.05, 0) is 24.3 Å². The molecule has 1 atom stereocenters. The third-order valence-corrected chi connectivity index (χ3v) is 3.88. The quantitative estimate of drug-likeness (QED) is 0.898. The number of hydrogen-bond acceptors (Lipinski definition) is 4. The number of benzene rings is 1. The van der Waals surface area contributed by atoms with E-state index < -0.39 is 10.8 Å². The molecule has 0 radical (unpaired) electrons. The fourth-order valence-electron chi connectivity index (χ4n) is 1.62. The van der Waals surface area contributed by atoms with Crippen LogP contribution < -0.4 is 10.5 Å². The summed E-state index contributed by atoms with van der Waals surface area (Å²) in [5.74, 6) is 2.31. The number of rotatable bonds is 5. The van der Waals surface area contributed by atoms with Crippen molar-refractivity contribution in [2.24, 2.45) is 5.73 Å². The Morgan fingerprint density at radius 3 is 2.61 bits per heavy atom. The third-order valence-electron chi connectivity index (χ3n) is 2.51. The van der Waals surface area contributed by atoms with Crippen molar-refractivity contribution < 1.29 is 13.4 Å². The zero-order valence-electron chi connectivity index (χ0n) is 10.1. The molecular formula is C13H15NO3S. The molecule has 0 aliphatic carbocycles. The van der Waals surface area contributed by atoms with Gasteiger partial charge in [-0.25, -0.2) is 0 Å². The third kappa shape index (κ3) is 2.80. The predicted molar refractivity (Wildman–Crippen MR) is 69.7 cm³/mol. The van der Waals surface area contributed by atoms with Crippen molar-refractivity contribution in [2.75, 3.05) is 7.11 Å². The molecule has 0 aliphatic heterocycles. The van der Waals surface area contributed by atoms with Crippen LogP contribution in [-0.2, 0) is 23.1 Å². The number of ether oxygens (including phenoxy) is 1. The van der Waals surface area contributed by atoms with Crippen LogP contribution >= 0.6 is 0 Å². The molecule has 0 spiro atoms. The van der Waals surface area contributed by atoms with Crippen molar-refractivity contribution in [2.45, 2.75) is 17.2 Å². The Balaban J connectivity index is 2.16. The molecule has 0 saturated heterocycles. The molecule has 2 rings (SSSR count). The Bertz CT molecular complexity index is 551. The van der Waals surface area contributed by atoms with Gasteiger partial charge in [0.15, 0.2) is 0 Å². The number of methoxy groups -OCH3 is 1. The van der Waals surface area contributed by atoms with Crippen molar-refractivity contribution >= 4 is 10.8 Å². The fourth-order valence-corrected chi connectivity index (χ4v) is 2.80. The Morgan fingerprint density at radius 1 is 1.22 bits per heavy atom. The minimum atomic E-state index is -1.19. The molecule has 96 valence electrons. The summed E-state index contributed by atoms with van der Waals surface area (Å²) >= 11 is 0. The first-order valence-electron chi connectivity index (χ1n) is 5.53. The van der Waals surface area contributed by atoms with Gasteiger partial charge in [0.25, 0.3) is 0 Å². The van der Waals surface area contributed by atoms with E-state index >= 15 is 0 Å². The van der Waals surface area contributed by atoms with E-state index in [1.807, 2.05) is 12.1 Å².